The Hall–Kier alpha value is -0.570. The zero-order valence-corrected chi connectivity index (χ0v) is 8.35. The van der Waals surface area contributed by atoms with Gasteiger partial charge in [-0.2, -0.15) is 0 Å². The summed E-state index contributed by atoms with van der Waals surface area (Å²) in [6.45, 7) is 2.14. The van der Waals surface area contributed by atoms with Crippen molar-refractivity contribution in [3.05, 3.63) is 0 Å². The van der Waals surface area contributed by atoms with Crippen LogP contribution in [0.25, 0.3) is 0 Å². The molecule has 0 aromatic heterocycles. The topological polar surface area (TPSA) is 46.5 Å². The van der Waals surface area contributed by atoms with E-state index in [1.54, 1.807) is 0 Å². The van der Waals surface area contributed by atoms with Gasteiger partial charge in [0.1, 0.15) is 6.10 Å². The van der Waals surface area contributed by atoms with Gasteiger partial charge in [0.25, 0.3) is 0 Å². The average Bonchev–Trinajstić information content (AvgIpc) is 2.71. The van der Waals surface area contributed by atoms with Crippen molar-refractivity contribution >= 4 is 5.97 Å². The minimum Gasteiger partial charge on any atom is -0.459 e. The van der Waals surface area contributed by atoms with Crippen molar-refractivity contribution in [2.24, 2.45) is 23.7 Å². The van der Waals surface area contributed by atoms with Crippen LogP contribution in [0.3, 0.4) is 0 Å². The van der Waals surface area contributed by atoms with E-state index in [2.05, 4.69) is 6.92 Å². The summed E-state index contributed by atoms with van der Waals surface area (Å²) in [7, 11) is 0. The fourth-order valence-corrected chi connectivity index (χ4v) is 3.89. The molecule has 0 radical (unpaired) electrons. The molecule has 2 aliphatic carbocycles. The first-order valence-electron chi connectivity index (χ1n) is 5.62. The molecule has 78 valence electrons. The second-order valence-electron chi connectivity index (χ2n) is 4.93. The van der Waals surface area contributed by atoms with Gasteiger partial charge < -0.3 is 9.84 Å². The van der Waals surface area contributed by atoms with Gasteiger partial charge in [-0.25, -0.2) is 0 Å². The predicted octanol–water partition coefficient (Wildman–Crippen LogP) is 0.955. The van der Waals surface area contributed by atoms with E-state index in [0.717, 1.165) is 19.3 Å². The molecule has 2 bridgehead atoms. The molecule has 1 N–H and O–H groups in total. The van der Waals surface area contributed by atoms with E-state index in [-0.39, 0.29) is 24.1 Å². The van der Waals surface area contributed by atoms with Gasteiger partial charge in [-0.15, -0.1) is 0 Å². The number of ether oxygens (including phenoxy) is 1. The number of rotatable bonds is 2. The molecular formula is C11H16O3. The molecule has 3 nitrogen and oxygen atoms in total. The van der Waals surface area contributed by atoms with Gasteiger partial charge in [0.2, 0.25) is 0 Å². The summed E-state index contributed by atoms with van der Waals surface area (Å²) in [5, 5.41) is 9.94. The molecule has 3 fully saturated rings. The first-order valence-corrected chi connectivity index (χ1v) is 5.62. The lowest BCUT2D eigenvalue weighted by molar-refractivity contribution is -0.146. The molecule has 0 spiro atoms. The standard InChI is InChI=1S/C11H16O3/c1-2-3-5-6-4-7-8(5)11(13)14-10(7)9(6)12/h5-10,12H,2-4H2,1H3. The van der Waals surface area contributed by atoms with E-state index in [1.807, 2.05) is 0 Å². The Kier molecular flexibility index (Phi) is 1.69. The number of hydrogen-bond donors (Lipinski definition) is 1. The number of carbonyl (C=O) groups excluding carboxylic acids is 1. The third kappa shape index (κ3) is 0.842. The van der Waals surface area contributed by atoms with Gasteiger partial charge in [-0.05, 0) is 24.7 Å². The Morgan fingerprint density at radius 1 is 1.50 bits per heavy atom. The number of hydrogen-bond acceptors (Lipinski definition) is 3. The normalized spacial score (nSPS) is 54.0. The van der Waals surface area contributed by atoms with Crippen molar-refractivity contribution in [1.29, 1.82) is 0 Å². The summed E-state index contributed by atoms with van der Waals surface area (Å²) in [6.07, 6.45) is 2.62. The van der Waals surface area contributed by atoms with Gasteiger partial charge in [-0.1, -0.05) is 13.3 Å². The van der Waals surface area contributed by atoms with Gasteiger partial charge in [0.15, 0.2) is 0 Å². The van der Waals surface area contributed by atoms with Crippen LogP contribution in [0.15, 0.2) is 0 Å². The van der Waals surface area contributed by atoms with Crippen LogP contribution in [0.5, 0.6) is 0 Å². The molecule has 6 atom stereocenters. The van der Waals surface area contributed by atoms with Gasteiger partial charge in [0.05, 0.1) is 12.0 Å². The molecule has 6 unspecified atom stereocenters. The number of esters is 1. The molecule has 14 heavy (non-hydrogen) atoms. The third-order valence-electron chi connectivity index (χ3n) is 4.36. The van der Waals surface area contributed by atoms with Crippen molar-refractivity contribution in [2.45, 2.75) is 38.4 Å². The Bertz CT molecular complexity index is 276. The van der Waals surface area contributed by atoms with Gasteiger partial charge >= 0.3 is 5.97 Å². The molecule has 2 saturated carbocycles. The van der Waals surface area contributed by atoms with Crippen LogP contribution in [0, 0.1) is 23.7 Å². The largest absolute Gasteiger partial charge is 0.459 e. The van der Waals surface area contributed by atoms with E-state index >= 15 is 0 Å². The Morgan fingerprint density at radius 3 is 3.00 bits per heavy atom. The predicted molar refractivity (Wildman–Crippen MR) is 49.4 cm³/mol. The highest BCUT2D eigenvalue weighted by Crippen LogP contribution is 2.58. The molecule has 0 amide bonds. The fourth-order valence-electron chi connectivity index (χ4n) is 3.89. The summed E-state index contributed by atoms with van der Waals surface area (Å²) in [4.78, 5) is 11.6. The van der Waals surface area contributed by atoms with E-state index in [1.165, 1.54) is 0 Å². The number of carbonyl (C=O) groups is 1. The minimum atomic E-state index is -0.376. The van der Waals surface area contributed by atoms with Crippen molar-refractivity contribution in [1.82, 2.24) is 0 Å². The highest BCUT2D eigenvalue weighted by atomic mass is 16.6. The Balaban J connectivity index is 1.92. The average molecular weight is 196 g/mol. The smallest absolute Gasteiger partial charge is 0.310 e. The first-order chi connectivity index (χ1) is 6.74. The first kappa shape index (κ1) is 8.72. The lowest BCUT2D eigenvalue weighted by atomic mass is 9.76. The summed E-state index contributed by atoms with van der Waals surface area (Å²) in [5.41, 5.74) is 0. The molecule has 1 heterocycles. The number of aliphatic hydroxyl groups excluding tert-OH is 1. The van der Waals surface area contributed by atoms with Crippen molar-refractivity contribution in [3.63, 3.8) is 0 Å². The van der Waals surface area contributed by atoms with E-state index in [4.69, 9.17) is 4.74 Å². The molecular weight excluding hydrogens is 180 g/mol. The van der Waals surface area contributed by atoms with Crippen LogP contribution in [0.2, 0.25) is 0 Å². The molecule has 3 rings (SSSR count). The maximum atomic E-state index is 11.6. The highest BCUT2D eigenvalue weighted by Gasteiger charge is 2.65. The highest BCUT2D eigenvalue weighted by molar-refractivity contribution is 5.77. The second-order valence-corrected chi connectivity index (χ2v) is 4.93. The summed E-state index contributed by atoms with van der Waals surface area (Å²) in [6, 6.07) is 0. The summed E-state index contributed by atoms with van der Waals surface area (Å²) >= 11 is 0. The van der Waals surface area contributed by atoms with Crippen molar-refractivity contribution < 1.29 is 14.6 Å². The van der Waals surface area contributed by atoms with Crippen LogP contribution >= 0.6 is 0 Å². The van der Waals surface area contributed by atoms with Gasteiger partial charge in [-0.3, -0.25) is 4.79 Å². The minimum absolute atomic E-state index is 0.0440. The number of aliphatic hydroxyl groups is 1. The lowest BCUT2D eigenvalue weighted by Crippen LogP contribution is -2.37. The van der Waals surface area contributed by atoms with E-state index < -0.39 is 0 Å². The van der Waals surface area contributed by atoms with Crippen LogP contribution < -0.4 is 0 Å². The molecule has 0 aromatic carbocycles. The van der Waals surface area contributed by atoms with Crippen LogP contribution in [0.1, 0.15) is 26.2 Å². The molecule has 1 aliphatic heterocycles. The monoisotopic (exact) mass is 196 g/mol. The second kappa shape index (κ2) is 2.72. The Labute approximate surface area is 83.4 Å². The quantitative estimate of drug-likeness (QED) is 0.669. The maximum Gasteiger partial charge on any atom is 0.310 e. The fraction of sp³-hybridized carbons (Fsp3) is 0.909. The van der Waals surface area contributed by atoms with Crippen molar-refractivity contribution in [2.75, 3.05) is 0 Å². The van der Waals surface area contributed by atoms with E-state index in [9.17, 15) is 9.90 Å². The van der Waals surface area contributed by atoms with Crippen molar-refractivity contribution in [3.8, 4) is 0 Å². The number of fused-ring (bicyclic) bond motifs is 1. The lowest BCUT2D eigenvalue weighted by Gasteiger charge is -2.28. The molecule has 0 aromatic rings. The van der Waals surface area contributed by atoms with E-state index in [0.29, 0.717) is 17.8 Å². The summed E-state index contributed by atoms with van der Waals surface area (Å²) in [5.74, 6) is 1.14. The van der Waals surface area contributed by atoms with Gasteiger partial charge in [0, 0.05) is 5.92 Å². The zero-order chi connectivity index (χ0) is 9.87. The maximum absolute atomic E-state index is 11.6. The molecule has 3 heteroatoms. The molecule has 3 aliphatic rings. The Morgan fingerprint density at radius 2 is 2.29 bits per heavy atom. The SMILES string of the molecule is CCCC1C2CC3C(OC(=O)C13)C2O. The summed E-state index contributed by atoms with van der Waals surface area (Å²) < 4.78 is 5.24. The van der Waals surface area contributed by atoms with Crippen LogP contribution in [-0.4, -0.2) is 23.3 Å². The zero-order valence-electron chi connectivity index (χ0n) is 8.35. The molecule has 1 saturated heterocycles. The third-order valence-corrected chi connectivity index (χ3v) is 4.36. The van der Waals surface area contributed by atoms with Crippen LogP contribution in [0.4, 0.5) is 0 Å². The van der Waals surface area contributed by atoms with Crippen LogP contribution in [-0.2, 0) is 9.53 Å².